The van der Waals surface area contributed by atoms with Crippen molar-refractivity contribution in [3.63, 3.8) is 0 Å². The van der Waals surface area contributed by atoms with Gasteiger partial charge in [-0.15, -0.1) is 0 Å². The Balaban J connectivity index is 1.52. The summed E-state index contributed by atoms with van der Waals surface area (Å²) in [5.74, 6) is 0.579. The molecule has 0 radical (unpaired) electrons. The van der Waals surface area contributed by atoms with Crippen molar-refractivity contribution in [2.24, 2.45) is 0 Å². The van der Waals surface area contributed by atoms with E-state index in [0.717, 1.165) is 36.8 Å². The summed E-state index contributed by atoms with van der Waals surface area (Å²) in [4.78, 5) is 24.5. The Bertz CT molecular complexity index is 1200. The summed E-state index contributed by atoms with van der Waals surface area (Å²) in [6.45, 7) is 5.05. The second-order valence-corrected chi connectivity index (χ2v) is 8.72. The van der Waals surface area contributed by atoms with Crippen molar-refractivity contribution in [2.75, 3.05) is 19.0 Å². The Morgan fingerprint density at radius 1 is 0.919 bits per heavy atom. The zero-order valence-corrected chi connectivity index (χ0v) is 21.8. The summed E-state index contributed by atoms with van der Waals surface area (Å²) in [6, 6.07) is 20.2. The molecule has 0 aliphatic rings. The lowest BCUT2D eigenvalue weighted by Gasteiger charge is -2.12. The van der Waals surface area contributed by atoms with Crippen molar-refractivity contribution in [2.45, 2.75) is 46.1 Å². The minimum Gasteiger partial charge on any atom is -0.493 e. The molecule has 0 aliphatic heterocycles. The van der Waals surface area contributed by atoms with Crippen LogP contribution >= 0.6 is 0 Å². The maximum Gasteiger partial charge on any atom is 0.338 e. The lowest BCUT2D eigenvalue weighted by molar-refractivity contribution is -0.111. The highest BCUT2D eigenvalue weighted by molar-refractivity contribution is 6.02. The van der Waals surface area contributed by atoms with Crippen molar-refractivity contribution in [1.82, 2.24) is 0 Å². The topological polar surface area (TPSA) is 73.9 Å². The number of anilines is 1. The zero-order valence-electron chi connectivity index (χ0n) is 21.8. The first kappa shape index (κ1) is 27.5. The Morgan fingerprint density at radius 2 is 1.70 bits per heavy atom. The number of hydrogen-bond acceptors (Lipinski definition) is 5. The van der Waals surface area contributed by atoms with E-state index < -0.39 is 0 Å². The van der Waals surface area contributed by atoms with Crippen LogP contribution in [0.1, 0.15) is 59.7 Å². The van der Waals surface area contributed by atoms with Crippen molar-refractivity contribution in [3.8, 4) is 11.5 Å². The lowest BCUT2D eigenvalue weighted by atomic mass is 10.1. The van der Waals surface area contributed by atoms with Gasteiger partial charge in [-0.2, -0.15) is 0 Å². The fourth-order valence-electron chi connectivity index (χ4n) is 3.66. The number of carbonyl (C=O) groups is 2. The molecule has 0 atom stereocenters. The number of ether oxygens (including phenoxy) is 3. The van der Waals surface area contributed by atoms with Gasteiger partial charge in [-0.3, -0.25) is 4.79 Å². The molecule has 0 saturated heterocycles. The Morgan fingerprint density at radius 3 is 2.43 bits per heavy atom. The third-order valence-electron chi connectivity index (χ3n) is 5.88. The average molecular weight is 502 g/mol. The van der Waals surface area contributed by atoms with Gasteiger partial charge in [0.15, 0.2) is 11.5 Å². The Labute approximate surface area is 219 Å². The minimum absolute atomic E-state index is 0.287. The summed E-state index contributed by atoms with van der Waals surface area (Å²) in [6.07, 6.45) is 7.35. The molecule has 1 amide bonds. The van der Waals surface area contributed by atoms with Crippen LogP contribution in [0, 0.1) is 6.92 Å². The number of esters is 1. The Kier molecular flexibility index (Phi) is 10.8. The smallest absolute Gasteiger partial charge is 0.338 e. The van der Waals surface area contributed by atoms with Crippen molar-refractivity contribution < 1.29 is 23.8 Å². The monoisotopic (exact) mass is 501 g/mol. The predicted molar refractivity (Wildman–Crippen MR) is 147 cm³/mol. The van der Waals surface area contributed by atoms with Gasteiger partial charge >= 0.3 is 5.97 Å². The van der Waals surface area contributed by atoms with E-state index in [-0.39, 0.29) is 11.9 Å². The summed E-state index contributed by atoms with van der Waals surface area (Å²) in [7, 11) is 1.59. The maximum absolute atomic E-state index is 12.4. The zero-order chi connectivity index (χ0) is 26.5. The van der Waals surface area contributed by atoms with Crippen LogP contribution < -0.4 is 14.8 Å². The van der Waals surface area contributed by atoms with Crippen LogP contribution in [0.5, 0.6) is 11.5 Å². The van der Waals surface area contributed by atoms with Crippen molar-refractivity contribution in [1.29, 1.82) is 0 Å². The number of aryl methyl sites for hydroxylation is 1. The normalized spacial score (nSPS) is 10.8. The van der Waals surface area contributed by atoms with E-state index in [1.807, 2.05) is 49.4 Å². The molecule has 0 aromatic heterocycles. The van der Waals surface area contributed by atoms with Crippen LogP contribution in [0.3, 0.4) is 0 Å². The van der Waals surface area contributed by atoms with Crippen LogP contribution in [0.15, 0.2) is 72.8 Å². The average Bonchev–Trinajstić information content (AvgIpc) is 2.92. The number of benzene rings is 3. The number of carbonyl (C=O) groups excluding carboxylic acids is 2. The molecular weight excluding hydrogens is 466 g/mol. The van der Waals surface area contributed by atoms with Gasteiger partial charge in [-0.25, -0.2) is 4.79 Å². The fourth-order valence-corrected chi connectivity index (χ4v) is 3.66. The summed E-state index contributed by atoms with van der Waals surface area (Å²) in [5, 5.41) is 2.79. The molecule has 194 valence electrons. The first-order valence-corrected chi connectivity index (χ1v) is 12.6. The van der Waals surface area contributed by atoms with E-state index in [9.17, 15) is 9.59 Å². The molecule has 0 fully saturated rings. The third kappa shape index (κ3) is 8.83. The number of amides is 1. The van der Waals surface area contributed by atoms with E-state index in [4.69, 9.17) is 14.2 Å². The molecule has 37 heavy (non-hydrogen) atoms. The number of rotatable bonds is 13. The van der Waals surface area contributed by atoms with Crippen LogP contribution in [-0.4, -0.2) is 25.6 Å². The minimum atomic E-state index is -0.352. The maximum atomic E-state index is 12.4. The van der Waals surface area contributed by atoms with Gasteiger partial charge < -0.3 is 19.5 Å². The van der Waals surface area contributed by atoms with E-state index in [1.165, 1.54) is 11.6 Å². The molecule has 0 bridgehead atoms. The van der Waals surface area contributed by atoms with Gasteiger partial charge in [0.2, 0.25) is 5.91 Å². The molecule has 0 saturated carbocycles. The van der Waals surface area contributed by atoms with Gasteiger partial charge in [-0.05, 0) is 72.5 Å². The highest BCUT2D eigenvalue weighted by Crippen LogP contribution is 2.29. The summed E-state index contributed by atoms with van der Waals surface area (Å²) in [5.41, 5.74) is 4.12. The molecule has 6 heteroatoms. The SMILES string of the molecule is CCCCCCOC(=O)c1ccc(NC(=O)/C=C/c2ccc(OCc3ccccc3C)c(OC)c2)cc1. The number of hydrogen-bond donors (Lipinski definition) is 1. The molecule has 1 N–H and O–H groups in total. The van der Waals surface area contributed by atoms with Crippen LogP contribution in [-0.2, 0) is 16.1 Å². The van der Waals surface area contributed by atoms with E-state index in [0.29, 0.717) is 36.0 Å². The molecule has 3 rings (SSSR count). The van der Waals surface area contributed by atoms with Crippen molar-refractivity contribution >= 4 is 23.6 Å². The predicted octanol–water partition coefficient (Wildman–Crippen LogP) is 6.97. The van der Waals surface area contributed by atoms with E-state index in [2.05, 4.69) is 12.2 Å². The number of nitrogens with one attached hydrogen (secondary N) is 1. The highest BCUT2D eigenvalue weighted by Gasteiger charge is 2.09. The molecule has 0 aliphatic carbocycles. The third-order valence-corrected chi connectivity index (χ3v) is 5.88. The van der Waals surface area contributed by atoms with Crippen LogP contribution in [0.25, 0.3) is 6.08 Å². The van der Waals surface area contributed by atoms with Crippen LogP contribution in [0.4, 0.5) is 5.69 Å². The quantitative estimate of drug-likeness (QED) is 0.155. The molecule has 0 unspecified atom stereocenters. The molecule has 3 aromatic carbocycles. The van der Waals surface area contributed by atoms with Gasteiger partial charge in [0.05, 0.1) is 19.3 Å². The highest BCUT2D eigenvalue weighted by atomic mass is 16.5. The van der Waals surface area contributed by atoms with Gasteiger partial charge in [-0.1, -0.05) is 56.5 Å². The summed E-state index contributed by atoms with van der Waals surface area (Å²) >= 11 is 0. The first-order chi connectivity index (χ1) is 18.0. The van der Waals surface area contributed by atoms with E-state index >= 15 is 0 Å². The van der Waals surface area contributed by atoms with Gasteiger partial charge in [0.25, 0.3) is 0 Å². The first-order valence-electron chi connectivity index (χ1n) is 12.6. The van der Waals surface area contributed by atoms with Gasteiger partial charge in [0, 0.05) is 11.8 Å². The standard InChI is InChI=1S/C31H35NO5/c1-4-5-6-9-20-36-31(34)25-14-16-27(17-15-25)32-30(33)19-13-24-12-18-28(29(21-24)35-3)37-22-26-11-8-7-10-23(26)2/h7-8,10-19,21H,4-6,9,20,22H2,1-3H3,(H,32,33)/b19-13+. The number of methoxy groups -OCH3 is 1. The molecule has 6 nitrogen and oxygen atoms in total. The largest absolute Gasteiger partial charge is 0.493 e. The van der Waals surface area contributed by atoms with Crippen molar-refractivity contribution in [3.05, 3.63) is 95.1 Å². The summed E-state index contributed by atoms with van der Waals surface area (Å²) < 4.78 is 16.7. The Hall–Kier alpha value is -4.06. The van der Waals surface area contributed by atoms with Gasteiger partial charge in [0.1, 0.15) is 6.61 Å². The molecular formula is C31H35NO5. The molecule has 0 spiro atoms. The lowest BCUT2D eigenvalue weighted by Crippen LogP contribution is -2.09. The molecule has 3 aromatic rings. The second-order valence-electron chi connectivity index (χ2n) is 8.72. The number of unbranched alkanes of at least 4 members (excludes halogenated alkanes) is 3. The van der Waals surface area contributed by atoms with Crippen LogP contribution in [0.2, 0.25) is 0 Å². The second kappa shape index (κ2) is 14.5. The van der Waals surface area contributed by atoms with E-state index in [1.54, 1.807) is 37.5 Å². The fraction of sp³-hybridized carbons (Fsp3) is 0.290. The molecule has 0 heterocycles.